The van der Waals surface area contributed by atoms with Gasteiger partial charge in [-0.1, -0.05) is 67.6 Å². The van der Waals surface area contributed by atoms with Crippen LogP contribution in [0.5, 0.6) is 0 Å². The zero-order valence-corrected chi connectivity index (χ0v) is 25.8. The number of hydrogen-bond donors (Lipinski definition) is 2. The van der Waals surface area contributed by atoms with Crippen LogP contribution >= 0.6 is 0 Å². The number of nitrogens with zero attached hydrogens (tertiary/aromatic N) is 2. The van der Waals surface area contributed by atoms with Gasteiger partial charge in [-0.3, -0.25) is 0 Å². The quantitative estimate of drug-likeness (QED) is 0.0723. The van der Waals surface area contributed by atoms with Crippen LogP contribution in [0.15, 0.2) is 122 Å². The topological polar surface area (TPSA) is 57.4 Å². The lowest BCUT2D eigenvalue weighted by Gasteiger charge is -2.28. The van der Waals surface area contributed by atoms with Crippen molar-refractivity contribution >= 4 is 14.6 Å². The van der Waals surface area contributed by atoms with Crippen LogP contribution in [-0.4, -0.2) is 34.5 Å². The molecule has 2 aromatic heterocycles. The minimum atomic E-state index is -0.350. The van der Waals surface area contributed by atoms with Crippen molar-refractivity contribution in [1.29, 1.82) is 0 Å². The highest BCUT2D eigenvalue weighted by Gasteiger charge is 2.31. The molecule has 0 aliphatic carbocycles. The number of halogens is 4. The van der Waals surface area contributed by atoms with Crippen molar-refractivity contribution in [2.45, 2.75) is 42.5 Å². The number of aromatic nitrogens is 4. The van der Waals surface area contributed by atoms with Gasteiger partial charge in [0.25, 0.3) is 0 Å². The highest BCUT2D eigenvalue weighted by Crippen LogP contribution is 2.40. The van der Waals surface area contributed by atoms with Crippen LogP contribution in [0.3, 0.4) is 0 Å². The minimum absolute atomic E-state index is 0.165. The van der Waals surface area contributed by atoms with Crippen molar-refractivity contribution in [3.8, 4) is 0 Å². The van der Waals surface area contributed by atoms with E-state index < -0.39 is 0 Å². The van der Waals surface area contributed by atoms with Gasteiger partial charge in [0.2, 0.25) is 0 Å². The van der Waals surface area contributed by atoms with Crippen LogP contribution in [0.2, 0.25) is 12.6 Å². The fraction of sp³-hybridized carbons (Fsp3) is 0.189. The molecule has 2 N–H and O–H groups in total. The summed E-state index contributed by atoms with van der Waals surface area (Å²) in [6.07, 6.45) is 9.43. The van der Waals surface area contributed by atoms with E-state index in [2.05, 4.69) is 19.9 Å². The maximum atomic E-state index is 14.5. The van der Waals surface area contributed by atoms with Crippen LogP contribution < -0.4 is 0 Å². The van der Waals surface area contributed by atoms with E-state index in [1.54, 1.807) is 49.1 Å². The first-order chi connectivity index (χ1) is 23.0. The van der Waals surface area contributed by atoms with Crippen LogP contribution in [-0.2, 0) is 0 Å². The minimum Gasteiger partial charge on any atom is -0.349 e. The molecule has 2 heterocycles. The lowest BCUT2D eigenvalue weighted by atomic mass is 9.50. The predicted octanol–water partition coefficient (Wildman–Crippen LogP) is 8.24. The maximum absolute atomic E-state index is 14.5. The van der Waals surface area contributed by atoms with Crippen LogP contribution in [0.25, 0.3) is 0 Å². The highest BCUT2D eigenvalue weighted by molar-refractivity contribution is 6.40. The van der Waals surface area contributed by atoms with Gasteiger partial charge in [0.15, 0.2) is 0 Å². The third-order valence-corrected chi connectivity index (χ3v) is 8.91. The first-order valence-electron chi connectivity index (χ1n) is 16.0. The van der Waals surface area contributed by atoms with Gasteiger partial charge in [0.1, 0.15) is 49.5 Å². The largest absolute Gasteiger partial charge is 0.349 e. The zero-order valence-electron chi connectivity index (χ0n) is 25.8. The number of hydrogen-bond acceptors (Lipinski definition) is 2. The summed E-state index contributed by atoms with van der Waals surface area (Å²) in [5.74, 6) is -0.863. The average Bonchev–Trinajstić information content (AvgIpc) is 3.79. The third kappa shape index (κ3) is 7.94. The SMILES string of the molecule is Fc1cccc(C(c2cccc(F)c2)C(BCCCBC(c2ncc[nH]2)C(c2cccc(F)c2)c2cccc(F)c2)c2ncc[nH]2)c1. The molecule has 6 rings (SSSR count). The highest BCUT2D eigenvalue weighted by atomic mass is 19.1. The molecule has 0 aliphatic rings. The Morgan fingerprint density at radius 2 is 0.851 bits per heavy atom. The average molecular weight is 632 g/mol. The summed E-state index contributed by atoms with van der Waals surface area (Å²) in [5.41, 5.74) is 3.01. The van der Waals surface area contributed by atoms with Gasteiger partial charge in [0, 0.05) is 48.3 Å². The van der Waals surface area contributed by atoms with Crippen molar-refractivity contribution in [1.82, 2.24) is 19.9 Å². The monoisotopic (exact) mass is 632 g/mol. The molecule has 236 valence electrons. The third-order valence-electron chi connectivity index (χ3n) is 8.91. The van der Waals surface area contributed by atoms with Gasteiger partial charge in [-0.15, -0.1) is 0 Å². The molecule has 2 unspecified atom stereocenters. The molecule has 4 aromatic carbocycles. The van der Waals surface area contributed by atoms with Crippen LogP contribution in [0.4, 0.5) is 17.6 Å². The molecule has 0 spiro atoms. The summed E-state index contributed by atoms with van der Waals surface area (Å²) in [6.45, 7) is 0. The van der Waals surface area contributed by atoms with E-state index in [-0.39, 0.29) is 46.7 Å². The molecule has 0 saturated heterocycles. The van der Waals surface area contributed by atoms with E-state index in [0.29, 0.717) is 14.6 Å². The maximum Gasteiger partial charge on any atom is 0.135 e. The Labute approximate surface area is 273 Å². The Kier molecular flexibility index (Phi) is 10.4. The summed E-state index contributed by atoms with van der Waals surface area (Å²) in [7, 11) is 1.43. The Morgan fingerprint density at radius 3 is 1.13 bits per heavy atom. The summed E-state index contributed by atoms with van der Waals surface area (Å²) >= 11 is 0. The van der Waals surface area contributed by atoms with Gasteiger partial charge < -0.3 is 9.97 Å². The Morgan fingerprint density at radius 1 is 0.511 bits per heavy atom. The van der Waals surface area contributed by atoms with Crippen molar-refractivity contribution in [2.24, 2.45) is 0 Å². The molecule has 0 amide bonds. The molecule has 10 heteroatoms. The standard InChI is InChI=1S/C37H34B2F4N4/c40-28-10-1-6-24(20-28)32(25-7-2-11-29(41)21-25)34(36-44-16-17-45-36)38-14-5-15-39-35(37-46-18-19-47-37)33(26-8-3-12-30(42)22-26)27-9-4-13-31(43)23-27/h1-4,6-13,16-23,32-35,38-39H,5,14-15H2,(H,44,45)(H,46,47). The Bertz CT molecular complexity index is 1640. The molecule has 4 nitrogen and oxygen atoms in total. The van der Waals surface area contributed by atoms with E-state index in [9.17, 15) is 17.6 Å². The molecule has 2 atom stereocenters. The number of imidazole rings is 2. The fourth-order valence-electron chi connectivity index (χ4n) is 6.90. The van der Waals surface area contributed by atoms with E-state index in [1.165, 1.54) is 48.5 Å². The number of rotatable bonds is 14. The van der Waals surface area contributed by atoms with Crippen molar-refractivity contribution in [2.75, 3.05) is 0 Å². The predicted molar refractivity (Wildman–Crippen MR) is 180 cm³/mol. The number of benzene rings is 4. The second-order valence-corrected chi connectivity index (χ2v) is 12.0. The molecule has 0 saturated carbocycles. The summed E-state index contributed by atoms with van der Waals surface area (Å²) < 4.78 is 57.9. The van der Waals surface area contributed by atoms with Gasteiger partial charge in [-0.05, 0) is 70.8 Å². The van der Waals surface area contributed by atoms with E-state index in [1.807, 2.05) is 24.3 Å². The van der Waals surface area contributed by atoms with Gasteiger partial charge in [-0.25, -0.2) is 27.5 Å². The first-order valence-corrected chi connectivity index (χ1v) is 16.0. The van der Waals surface area contributed by atoms with Gasteiger partial charge >= 0.3 is 0 Å². The molecule has 0 bridgehead atoms. The van der Waals surface area contributed by atoms with Crippen molar-refractivity contribution < 1.29 is 17.6 Å². The summed E-state index contributed by atoms with van der Waals surface area (Å²) in [4.78, 5) is 15.7. The smallest absolute Gasteiger partial charge is 0.135 e. The lowest BCUT2D eigenvalue weighted by molar-refractivity contribution is 0.613. The second kappa shape index (κ2) is 15.2. The first kappa shape index (κ1) is 32.1. The Hall–Kier alpha value is -4.85. The van der Waals surface area contributed by atoms with E-state index >= 15 is 0 Å². The second-order valence-electron chi connectivity index (χ2n) is 12.0. The van der Waals surface area contributed by atoms with Crippen LogP contribution in [0, 0.1) is 23.3 Å². The van der Waals surface area contributed by atoms with Gasteiger partial charge in [-0.2, -0.15) is 0 Å². The number of aromatic amines is 2. The molecular formula is C37H34B2F4N4. The Balaban J connectivity index is 1.24. The van der Waals surface area contributed by atoms with Crippen LogP contribution in [0.1, 0.15) is 63.8 Å². The summed E-state index contributed by atoms with van der Waals surface area (Å²) in [6, 6.07) is 25.9. The van der Waals surface area contributed by atoms with Crippen molar-refractivity contribution in [3.05, 3.63) is 179 Å². The fourth-order valence-corrected chi connectivity index (χ4v) is 6.90. The van der Waals surface area contributed by atoms with E-state index in [0.717, 1.165) is 53.0 Å². The number of H-pyrrole nitrogens is 2. The lowest BCUT2D eigenvalue weighted by Crippen LogP contribution is -2.22. The number of nitrogens with one attached hydrogen (secondary N) is 2. The molecule has 0 aliphatic heterocycles. The zero-order chi connectivity index (χ0) is 32.6. The van der Waals surface area contributed by atoms with Gasteiger partial charge in [0.05, 0.1) is 0 Å². The molecule has 0 fully saturated rings. The summed E-state index contributed by atoms with van der Waals surface area (Å²) in [5, 5.41) is 0. The van der Waals surface area contributed by atoms with Crippen molar-refractivity contribution in [3.63, 3.8) is 0 Å². The molecule has 6 aromatic rings. The molecule has 47 heavy (non-hydrogen) atoms. The molecule has 0 radical (unpaired) electrons. The van der Waals surface area contributed by atoms with E-state index in [4.69, 9.17) is 0 Å². The normalized spacial score (nSPS) is 12.7. The molecular weight excluding hydrogens is 598 g/mol.